The van der Waals surface area contributed by atoms with E-state index in [-0.39, 0.29) is 17.4 Å². The van der Waals surface area contributed by atoms with E-state index in [2.05, 4.69) is 22.0 Å². The molecule has 0 radical (unpaired) electrons. The third-order valence-corrected chi connectivity index (χ3v) is 6.72. The summed E-state index contributed by atoms with van der Waals surface area (Å²) in [5.41, 5.74) is 1.49. The minimum atomic E-state index is -0.168. The number of Topliss-reactive ketones (excluding diaryl/α,β-unsaturated/α-hetero) is 1. The monoisotopic (exact) mass is 439 g/mol. The first-order valence-corrected chi connectivity index (χ1v) is 11.7. The molecule has 7 nitrogen and oxygen atoms in total. The van der Waals surface area contributed by atoms with Crippen LogP contribution < -0.4 is 10.5 Å². The van der Waals surface area contributed by atoms with E-state index >= 15 is 0 Å². The molecule has 0 saturated carbocycles. The van der Waals surface area contributed by atoms with Gasteiger partial charge in [0.2, 0.25) is 0 Å². The number of thiazole rings is 1. The molecular formula is C23H29N5O2S. The van der Waals surface area contributed by atoms with Crippen LogP contribution in [-0.4, -0.2) is 51.9 Å². The molecule has 3 heterocycles. The van der Waals surface area contributed by atoms with Gasteiger partial charge in [0.15, 0.2) is 21.3 Å². The first-order chi connectivity index (χ1) is 15.0. The Hall–Kier alpha value is -2.58. The van der Waals surface area contributed by atoms with Crippen molar-refractivity contribution in [3.05, 3.63) is 52.1 Å². The standard InChI is InChI=1S/C23H29N5O2S/c1-4-27-19(15-26(2)3)24-21-20(22(27)30)25-23(31-21)28-14-8-11-17(28)18(29)13-12-16-9-6-5-7-10-16/h5-7,9-10,17H,4,8,11-15H2,1-3H3/t17-/m1/s1. The summed E-state index contributed by atoms with van der Waals surface area (Å²) in [4.78, 5) is 40.2. The first-order valence-electron chi connectivity index (χ1n) is 10.9. The quantitative estimate of drug-likeness (QED) is 0.537. The summed E-state index contributed by atoms with van der Waals surface area (Å²) < 4.78 is 1.69. The summed E-state index contributed by atoms with van der Waals surface area (Å²) in [5.74, 6) is 0.991. The predicted molar refractivity (Wildman–Crippen MR) is 125 cm³/mol. The van der Waals surface area contributed by atoms with Gasteiger partial charge in [-0.3, -0.25) is 14.2 Å². The van der Waals surface area contributed by atoms with Crippen molar-refractivity contribution in [2.45, 2.75) is 51.7 Å². The third-order valence-electron chi connectivity index (χ3n) is 5.73. The summed E-state index contributed by atoms with van der Waals surface area (Å²) >= 11 is 1.42. The molecule has 4 rings (SSSR count). The number of anilines is 1. The lowest BCUT2D eigenvalue weighted by Crippen LogP contribution is -2.36. The van der Waals surface area contributed by atoms with Crippen LogP contribution in [0.5, 0.6) is 0 Å². The van der Waals surface area contributed by atoms with E-state index in [1.165, 1.54) is 16.9 Å². The molecule has 31 heavy (non-hydrogen) atoms. The predicted octanol–water partition coefficient (Wildman–Crippen LogP) is 3.11. The highest BCUT2D eigenvalue weighted by molar-refractivity contribution is 7.21. The van der Waals surface area contributed by atoms with Crippen molar-refractivity contribution >= 4 is 32.6 Å². The second kappa shape index (κ2) is 9.28. The number of carbonyl (C=O) groups excluding carboxylic acids is 1. The zero-order chi connectivity index (χ0) is 22.0. The van der Waals surface area contributed by atoms with Gasteiger partial charge >= 0.3 is 0 Å². The number of rotatable bonds is 8. The van der Waals surface area contributed by atoms with E-state index in [9.17, 15) is 9.59 Å². The van der Waals surface area contributed by atoms with Crippen molar-refractivity contribution in [2.75, 3.05) is 25.5 Å². The van der Waals surface area contributed by atoms with E-state index in [4.69, 9.17) is 4.98 Å². The van der Waals surface area contributed by atoms with Crippen molar-refractivity contribution in [1.82, 2.24) is 19.4 Å². The Balaban J connectivity index is 1.59. The second-order valence-electron chi connectivity index (χ2n) is 8.27. The summed E-state index contributed by atoms with van der Waals surface area (Å²) in [6.45, 7) is 3.88. The fourth-order valence-electron chi connectivity index (χ4n) is 4.20. The van der Waals surface area contributed by atoms with Crippen molar-refractivity contribution in [3.8, 4) is 0 Å². The highest BCUT2D eigenvalue weighted by Crippen LogP contribution is 2.32. The molecule has 2 aromatic heterocycles. The average Bonchev–Trinajstić information content (AvgIpc) is 3.40. The Bertz CT molecular complexity index is 1120. The van der Waals surface area contributed by atoms with Gasteiger partial charge < -0.3 is 9.80 Å². The molecule has 3 aromatic rings. The Morgan fingerprint density at radius 2 is 2.00 bits per heavy atom. The van der Waals surface area contributed by atoms with E-state index in [0.29, 0.717) is 29.9 Å². The Kier molecular flexibility index (Phi) is 6.48. The minimum absolute atomic E-state index is 0.0991. The van der Waals surface area contributed by atoms with Gasteiger partial charge in [-0.05, 0) is 45.8 Å². The molecule has 1 aliphatic rings. The maximum absolute atomic E-state index is 13.0. The number of hydrogen-bond acceptors (Lipinski definition) is 7. The van der Waals surface area contributed by atoms with Gasteiger partial charge in [0.05, 0.1) is 12.6 Å². The molecular weight excluding hydrogens is 410 g/mol. The van der Waals surface area contributed by atoms with E-state index in [0.717, 1.165) is 36.8 Å². The van der Waals surface area contributed by atoms with Crippen LogP contribution in [-0.2, 0) is 24.3 Å². The topological polar surface area (TPSA) is 71.3 Å². The molecule has 0 N–H and O–H groups in total. The van der Waals surface area contributed by atoms with Crippen molar-refractivity contribution < 1.29 is 4.79 Å². The summed E-state index contributed by atoms with van der Waals surface area (Å²) in [6, 6.07) is 9.94. The number of nitrogens with zero attached hydrogens (tertiary/aromatic N) is 5. The maximum Gasteiger partial charge on any atom is 0.281 e. The number of aromatic nitrogens is 3. The van der Waals surface area contributed by atoms with Gasteiger partial charge in [-0.25, -0.2) is 9.97 Å². The lowest BCUT2D eigenvalue weighted by molar-refractivity contribution is -0.120. The summed E-state index contributed by atoms with van der Waals surface area (Å²) in [7, 11) is 3.93. The molecule has 0 unspecified atom stereocenters. The van der Waals surface area contributed by atoms with Crippen LogP contribution in [0, 0.1) is 0 Å². The number of benzene rings is 1. The van der Waals surface area contributed by atoms with Crippen molar-refractivity contribution in [2.24, 2.45) is 0 Å². The van der Waals surface area contributed by atoms with Crippen LogP contribution in [0.15, 0.2) is 35.1 Å². The van der Waals surface area contributed by atoms with Gasteiger partial charge in [-0.15, -0.1) is 0 Å². The molecule has 8 heteroatoms. The van der Waals surface area contributed by atoms with Crippen LogP contribution in [0.25, 0.3) is 10.3 Å². The first kappa shape index (κ1) is 21.6. The zero-order valence-electron chi connectivity index (χ0n) is 18.4. The molecule has 164 valence electrons. The molecule has 0 amide bonds. The number of carbonyl (C=O) groups is 1. The Morgan fingerprint density at radius 3 is 2.71 bits per heavy atom. The fraction of sp³-hybridized carbons (Fsp3) is 0.478. The van der Waals surface area contributed by atoms with Gasteiger partial charge in [0.25, 0.3) is 5.56 Å². The largest absolute Gasteiger partial charge is 0.338 e. The van der Waals surface area contributed by atoms with Gasteiger partial charge in [0, 0.05) is 19.5 Å². The molecule has 0 bridgehead atoms. The van der Waals surface area contributed by atoms with E-state index in [1.54, 1.807) is 4.57 Å². The maximum atomic E-state index is 13.0. The molecule has 1 aromatic carbocycles. The zero-order valence-corrected chi connectivity index (χ0v) is 19.2. The highest BCUT2D eigenvalue weighted by atomic mass is 32.1. The van der Waals surface area contributed by atoms with Crippen molar-refractivity contribution in [3.63, 3.8) is 0 Å². The van der Waals surface area contributed by atoms with Gasteiger partial charge in [-0.1, -0.05) is 41.7 Å². The van der Waals surface area contributed by atoms with Gasteiger partial charge in [0.1, 0.15) is 5.82 Å². The highest BCUT2D eigenvalue weighted by Gasteiger charge is 2.32. The van der Waals surface area contributed by atoms with Crippen LogP contribution in [0.3, 0.4) is 0 Å². The molecule has 0 spiro atoms. The number of hydrogen-bond donors (Lipinski definition) is 0. The van der Waals surface area contributed by atoms with E-state index in [1.807, 2.05) is 44.1 Å². The summed E-state index contributed by atoms with van der Waals surface area (Å²) in [5, 5.41) is 0.736. The molecule has 0 aliphatic carbocycles. The smallest absolute Gasteiger partial charge is 0.281 e. The molecule has 1 fully saturated rings. The third kappa shape index (κ3) is 4.55. The Labute approximate surface area is 186 Å². The number of aryl methyl sites for hydroxylation is 1. The van der Waals surface area contributed by atoms with E-state index < -0.39 is 0 Å². The second-order valence-corrected chi connectivity index (χ2v) is 9.22. The molecule has 1 aliphatic heterocycles. The minimum Gasteiger partial charge on any atom is -0.338 e. The fourth-order valence-corrected chi connectivity index (χ4v) is 5.23. The number of fused-ring (bicyclic) bond motifs is 1. The van der Waals surface area contributed by atoms with Crippen LogP contribution in [0.1, 0.15) is 37.6 Å². The van der Waals surface area contributed by atoms with Crippen molar-refractivity contribution in [1.29, 1.82) is 0 Å². The van der Waals surface area contributed by atoms with Crippen LogP contribution in [0.2, 0.25) is 0 Å². The Morgan fingerprint density at radius 1 is 1.23 bits per heavy atom. The summed E-state index contributed by atoms with van der Waals surface area (Å²) in [6.07, 6.45) is 3.06. The lowest BCUT2D eigenvalue weighted by Gasteiger charge is -2.22. The SMILES string of the molecule is CCn1c(CN(C)C)nc2sc(N3CCC[C@@H]3C(=O)CCc3ccccc3)nc2c1=O. The lowest BCUT2D eigenvalue weighted by atomic mass is 10.0. The number of ketones is 1. The van der Waals surface area contributed by atoms with Crippen LogP contribution in [0.4, 0.5) is 5.13 Å². The molecule has 1 saturated heterocycles. The molecule has 1 atom stereocenters. The van der Waals surface area contributed by atoms with Gasteiger partial charge in [-0.2, -0.15) is 0 Å². The normalized spacial score (nSPS) is 16.5. The average molecular weight is 440 g/mol. The van der Waals surface area contributed by atoms with Crippen LogP contribution >= 0.6 is 11.3 Å².